The van der Waals surface area contributed by atoms with E-state index < -0.39 is 15.4 Å². The number of nitrogens with one attached hydrogen (secondary N) is 1. The normalized spacial score (nSPS) is 15.6. The molecule has 0 radical (unpaired) electrons. The molecule has 1 saturated heterocycles. The van der Waals surface area contributed by atoms with Crippen molar-refractivity contribution < 1.29 is 17.9 Å². The number of piperidine rings is 1. The van der Waals surface area contributed by atoms with E-state index in [4.69, 9.17) is 4.74 Å². The maximum atomic E-state index is 12.3. The number of hydrogen-bond acceptors (Lipinski definition) is 7. The Hall–Kier alpha value is -3.14. The summed E-state index contributed by atoms with van der Waals surface area (Å²) in [4.78, 5) is 23.2. The van der Waals surface area contributed by atoms with Crippen LogP contribution in [0.1, 0.15) is 39.7 Å². The number of carbonyl (C=O) groups excluding carboxylic acids is 1. The molecule has 0 saturated carbocycles. The van der Waals surface area contributed by atoms with Gasteiger partial charge in [-0.2, -0.15) is 0 Å². The first-order valence-corrected chi connectivity index (χ1v) is 12.8. The van der Waals surface area contributed by atoms with Crippen molar-refractivity contribution in [2.45, 2.75) is 50.2 Å². The van der Waals surface area contributed by atoms with Crippen LogP contribution in [0.3, 0.4) is 0 Å². The number of hydrogen-bond donors (Lipinski definition) is 1. The van der Waals surface area contributed by atoms with Crippen LogP contribution in [0.4, 0.5) is 16.3 Å². The van der Waals surface area contributed by atoms with Crippen LogP contribution in [0.25, 0.3) is 11.0 Å². The number of fused-ring (bicyclic) bond motifs is 1. The van der Waals surface area contributed by atoms with Gasteiger partial charge in [-0.3, -0.25) is 0 Å². The zero-order valence-electron chi connectivity index (χ0n) is 19.3. The van der Waals surface area contributed by atoms with Gasteiger partial charge < -0.3 is 19.5 Å². The molecule has 1 fully saturated rings. The first-order chi connectivity index (χ1) is 15.5. The van der Waals surface area contributed by atoms with Gasteiger partial charge in [-0.25, -0.2) is 23.2 Å². The predicted octanol–water partition coefficient (Wildman–Crippen LogP) is 4.15. The second kappa shape index (κ2) is 8.66. The maximum Gasteiger partial charge on any atom is 0.410 e. The highest BCUT2D eigenvalue weighted by Crippen LogP contribution is 2.30. The van der Waals surface area contributed by atoms with Crippen molar-refractivity contribution in [3.8, 4) is 0 Å². The molecule has 0 unspecified atom stereocenters. The summed E-state index contributed by atoms with van der Waals surface area (Å²) in [6, 6.07) is 8.77. The van der Waals surface area contributed by atoms with Gasteiger partial charge in [0.2, 0.25) is 0 Å². The lowest BCUT2D eigenvalue weighted by atomic mass is 10.1. The molecule has 1 aliphatic heterocycles. The fourth-order valence-corrected chi connectivity index (χ4v) is 4.57. The predicted molar refractivity (Wildman–Crippen MR) is 126 cm³/mol. The second-order valence-electron chi connectivity index (χ2n) is 9.30. The Labute approximate surface area is 193 Å². The Balaban J connectivity index is 1.48. The van der Waals surface area contributed by atoms with Gasteiger partial charge in [-0.05, 0) is 63.9 Å². The third kappa shape index (κ3) is 5.27. The third-order valence-corrected chi connectivity index (χ3v) is 6.69. The minimum absolute atomic E-state index is 0.220. The van der Waals surface area contributed by atoms with Crippen molar-refractivity contribution in [1.82, 2.24) is 19.4 Å². The van der Waals surface area contributed by atoms with Gasteiger partial charge in [0.25, 0.3) is 0 Å². The number of rotatable bonds is 4. The number of likely N-dealkylation sites (tertiary alicyclic amines) is 1. The lowest BCUT2D eigenvalue weighted by molar-refractivity contribution is 0.0189. The molecule has 3 heterocycles. The zero-order valence-corrected chi connectivity index (χ0v) is 20.1. The molecule has 1 aromatic carbocycles. The quantitative estimate of drug-likeness (QED) is 0.609. The van der Waals surface area contributed by atoms with E-state index in [9.17, 15) is 13.2 Å². The molecule has 33 heavy (non-hydrogen) atoms. The maximum absolute atomic E-state index is 12.3. The molecule has 0 spiro atoms. The summed E-state index contributed by atoms with van der Waals surface area (Å²) in [5, 5.41) is 4.13. The number of benzene rings is 1. The van der Waals surface area contributed by atoms with Crippen LogP contribution in [0.2, 0.25) is 0 Å². The van der Waals surface area contributed by atoms with Crippen LogP contribution in [0, 0.1) is 0 Å². The fraction of sp³-hybridized carbons (Fsp3) is 0.435. The number of carbonyl (C=O) groups is 1. The molecule has 0 atom stereocenters. The topological polar surface area (TPSA) is 106 Å². The summed E-state index contributed by atoms with van der Waals surface area (Å²) in [6.07, 6.45) is 6.05. The number of ether oxygens (including phenoxy) is 1. The summed E-state index contributed by atoms with van der Waals surface area (Å²) < 4.78 is 31.0. The Kier molecular flexibility index (Phi) is 6.04. The molecular formula is C23H29N5O4S. The van der Waals surface area contributed by atoms with Gasteiger partial charge in [0.1, 0.15) is 23.4 Å². The monoisotopic (exact) mass is 471 g/mol. The van der Waals surface area contributed by atoms with E-state index in [0.29, 0.717) is 18.9 Å². The fourth-order valence-electron chi connectivity index (χ4n) is 3.94. The van der Waals surface area contributed by atoms with E-state index in [1.165, 1.54) is 12.6 Å². The van der Waals surface area contributed by atoms with Gasteiger partial charge in [0, 0.05) is 37.3 Å². The Morgan fingerprint density at radius 3 is 2.36 bits per heavy atom. The van der Waals surface area contributed by atoms with E-state index in [2.05, 4.69) is 19.9 Å². The van der Waals surface area contributed by atoms with Crippen LogP contribution >= 0.6 is 0 Å². The lowest BCUT2D eigenvalue weighted by Crippen LogP contribution is -2.42. The molecule has 3 aromatic rings. The summed E-state index contributed by atoms with van der Waals surface area (Å²) in [5.74, 6) is 0.650. The summed E-state index contributed by atoms with van der Waals surface area (Å²) in [5.41, 5.74) is 1.05. The highest BCUT2D eigenvalue weighted by Gasteiger charge is 2.28. The van der Waals surface area contributed by atoms with Crippen molar-refractivity contribution in [2.24, 2.45) is 0 Å². The summed E-state index contributed by atoms with van der Waals surface area (Å²) in [6.45, 7) is 6.86. The Morgan fingerprint density at radius 2 is 1.76 bits per heavy atom. The van der Waals surface area contributed by atoms with Crippen LogP contribution in [-0.2, 0) is 14.6 Å². The van der Waals surface area contributed by atoms with Gasteiger partial charge in [0.05, 0.1) is 10.3 Å². The molecule has 0 aliphatic carbocycles. The highest BCUT2D eigenvalue weighted by molar-refractivity contribution is 7.90. The number of anilines is 2. The van der Waals surface area contributed by atoms with Crippen molar-refractivity contribution >= 4 is 38.5 Å². The van der Waals surface area contributed by atoms with E-state index in [0.717, 1.165) is 29.6 Å². The van der Waals surface area contributed by atoms with Crippen LogP contribution in [0.15, 0.2) is 47.8 Å². The molecular weight excluding hydrogens is 442 g/mol. The minimum atomic E-state index is -3.24. The van der Waals surface area contributed by atoms with Gasteiger partial charge in [0.15, 0.2) is 9.84 Å². The van der Waals surface area contributed by atoms with Crippen molar-refractivity contribution in [2.75, 3.05) is 24.7 Å². The van der Waals surface area contributed by atoms with Crippen LogP contribution in [-0.4, -0.2) is 58.9 Å². The SMILES string of the molecule is CC(C)(C)OC(=O)N1CCC(n2ccc3c(Nc4ccc(S(C)(=O)=O)cc4)ncnc32)CC1. The molecule has 10 heteroatoms. The summed E-state index contributed by atoms with van der Waals surface area (Å²) in [7, 11) is -3.24. The molecule has 1 N–H and O–H groups in total. The van der Waals surface area contributed by atoms with Crippen molar-refractivity contribution in [1.29, 1.82) is 0 Å². The average molecular weight is 472 g/mol. The lowest BCUT2D eigenvalue weighted by Gasteiger charge is -2.34. The second-order valence-corrected chi connectivity index (χ2v) is 11.3. The smallest absolute Gasteiger partial charge is 0.410 e. The van der Waals surface area contributed by atoms with Crippen molar-refractivity contribution in [3.05, 3.63) is 42.9 Å². The average Bonchev–Trinajstić information content (AvgIpc) is 3.18. The Bertz CT molecular complexity index is 1250. The van der Waals surface area contributed by atoms with E-state index in [1.807, 2.05) is 33.0 Å². The molecule has 2 aromatic heterocycles. The number of nitrogens with zero attached hydrogens (tertiary/aromatic N) is 4. The molecule has 0 bridgehead atoms. The van der Waals surface area contributed by atoms with Crippen LogP contribution in [0.5, 0.6) is 0 Å². The molecule has 9 nitrogen and oxygen atoms in total. The first-order valence-electron chi connectivity index (χ1n) is 10.9. The Morgan fingerprint density at radius 1 is 1.09 bits per heavy atom. The highest BCUT2D eigenvalue weighted by atomic mass is 32.2. The van der Waals surface area contributed by atoms with Gasteiger partial charge >= 0.3 is 6.09 Å². The molecule has 4 rings (SSSR count). The minimum Gasteiger partial charge on any atom is -0.444 e. The van der Waals surface area contributed by atoms with Gasteiger partial charge in [-0.15, -0.1) is 0 Å². The van der Waals surface area contributed by atoms with Crippen LogP contribution < -0.4 is 5.32 Å². The van der Waals surface area contributed by atoms with E-state index >= 15 is 0 Å². The molecule has 1 amide bonds. The molecule has 176 valence electrons. The summed E-state index contributed by atoms with van der Waals surface area (Å²) >= 11 is 0. The number of amides is 1. The first kappa shape index (κ1) is 23.0. The van der Waals surface area contributed by atoms with E-state index in [1.54, 1.807) is 29.2 Å². The third-order valence-electron chi connectivity index (χ3n) is 5.56. The standard InChI is InChI=1S/C23H29N5O4S/c1-23(2,3)32-22(29)27-12-9-17(10-13-27)28-14-11-19-20(24-15-25-21(19)28)26-16-5-7-18(8-6-16)33(4,30)31/h5-8,11,14-15,17H,9-10,12-13H2,1-4H3,(H,24,25,26). The van der Waals surface area contributed by atoms with E-state index in [-0.39, 0.29) is 17.0 Å². The van der Waals surface area contributed by atoms with Crippen molar-refractivity contribution in [3.63, 3.8) is 0 Å². The number of aromatic nitrogens is 3. The zero-order chi connectivity index (χ0) is 23.8. The number of sulfone groups is 1. The largest absolute Gasteiger partial charge is 0.444 e. The molecule has 1 aliphatic rings. The van der Waals surface area contributed by atoms with Gasteiger partial charge in [-0.1, -0.05) is 0 Å².